The van der Waals surface area contributed by atoms with E-state index in [4.69, 9.17) is 11.6 Å². The van der Waals surface area contributed by atoms with Crippen LogP contribution in [0.4, 0.5) is 0 Å². The number of carbonyl (C=O) groups is 1. The lowest BCUT2D eigenvalue weighted by atomic mass is 9.65. The van der Waals surface area contributed by atoms with E-state index in [1.807, 2.05) is 0 Å². The van der Waals surface area contributed by atoms with Gasteiger partial charge in [0.15, 0.2) is 0 Å². The maximum atomic E-state index is 10.8. The molecule has 1 aliphatic carbocycles. The third-order valence-electron chi connectivity index (χ3n) is 4.34. The first kappa shape index (κ1) is 13.4. The Hall–Kier alpha value is -0.0800. The van der Waals surface area contributed by atoms with Gasteiger partial charge in [-0.15, -0.1) is 0 Å². The zero-order chi connectivity index (χ0) is 12.7. The molecule has 98 valence electrons. The van der Waals surface area contributed by atoms with E-state index in [2.05, 4.69) is 25.7 Å². The molecule has 1 heterocycles. The maximum absolute atomic E-state index is 10.8. The number of rotatable bonds is 4. The van der Waals surface area contributed by atoms with Crippen molar-refractivity contribution in [2.75, 3.05) is 13.1 Å². The van der Waals surface area contributed by atoms with Crippen molar-refractivity contribution >= 4 is 16.8 Å². The summed E-state index contributed by atoms with van der Waals surface area (Å²) in [4.78, 5) is 13.4. The molecule has 2 unspecified atom stereocenters. The highest BCUT2D eigenvalue weighted by molar-refractivity contribution is 6.63. The molecule has 0 aromatic rings. The lowest BCUT2D eigenvalue weighted by Gasteiger charge is -2.40. The van der Waals surface area contributed by atoms with Crippen LogP contribution in [0.2, 0.25) is 0 Å². The fraction of sp³-hybridized carbons (Fsp3) is 0.929. The fourth-order valence-corrected chi connectivity index (χ4v) is 4.39. The van der Waals surface area contributed by atoms with E-state index >= 15 is 0 Å². The summed E-state index contributed by atoms with van der Waals surface area (Å²) in [7, 11) is 0. The summed E-state index contributed by atoms with van der Waals surface area (Å²) in [5, 5.41) is -0.196. The van der Waals surface area contributed by atoms with E-state index in [9.17, 15) is 4.79 Å². The van der Waals surface area contributed by atoms with Gasteiger partial charge in [-0.1, -0.05) is 20.8 Å². The average molecular weight is 258 g/mol. The Labute approximate surface area is 110 Å². The lowest BCUT2D eigenvalue weighted by Crippen LogP contribution is -2.35. The normalized spacial score (nSPS) is 36.1. The van der Waals surface area contributed by atoms with Gasteiger partial charge in [0.1, 0.15) is 0 Å². The second kappa shape index (κ2) is 4.55. The molecule has 0 amide bonds. The number of halogens is 1. The third-order valence-corrected chi connectivity index (χ3v) is 4.53. The number of likely N-dealkylation sites (tertiary alicyclic amines) is 1. The van der Waals surface area contributed by atoms with Crippen LogP contribution in [0, 0.1) is 10.8 Å². The standard InChI is InChI=1S/C14H24ClNO/c1-13(2)7-11-8-14(3,9-13)10-16(11)6-4-5-12(15)17/h11H,4-10H2,1-3H3. The number of hydrogen-bond donors (Lipinski definition) is 0. The molecular weight excluding hydrogens is 234 g/mol. The third kappa shape index (κ3) is 3.23. The van der Waals surface area contributed by atoms with E-state index in [0.29, 0.717) is 17.3 Å². The summed E-state index contributed by atoms with van der Waals surface area (Å²) < 4.78 is 0. The van der Waals surface area contributed by atoms with Crippen molar-refractivity contribution in [3.63, 3.8) is 0 Å². The van der Waals surface area contributed by atoms with Crippen molar-refractivity contribution < 1.29 is 4.79 Å². The quantitative estimate of drug-likeness (QED) is 0.719. The monoisotopic (exact) mass is 257 g/mol. The molecule has 1 saturated carbocycles. The number of hydrogen-bond acceptors (Lipinski definition) is 2. The minimum atomic E-state index is -0.196. The molecule has 2 atom stereocenters. The number of fused-ring (bicyclic) bond motifs is 2. The Balaban J connectivity index is 1.92. The summed E-state index contributed by atoms with van der Waals surface area (Å²) in [6.07, 6.45) is 5.41. The van der Waals surface area contributed by atoms with Crippen molar-refractivity contribution in [1.29, 1.82) is 0 Å². The Bertz CT molecular complexity index is 315. The smallest absolute Gasteiger partial charge is 0.221 e. The van der Waals surface area contributed by atoms with Crippen molar-refractivity contribution in [1.82, 2.24) is 4.90 Å². The van der Waals surface area contributed by atoms with Gasteiger partial charge in [-0.2, -0.15) is 0 Å². The first-order chi connectivity index (χ1) is 7.80. The Morgan fingerprint density at radius 1 is 1.35 bits per heavy atom. The Morgan fingerprint density at radius 2 is 2.06 bits per heavy atom. The minimum absolute atomic E-state index is 0.196. The molecule has 0 aromatic carbocycles. The summed E-state index contributed by atoms with van der Waals surface area (Å²) >= 11 is 5.39. The van der Waals surface area contributed by atoms with Crippen LogP contribution < -0.4 is 0 Å². The molecule has 0 radical (unpaired) electrons. The zero-order valence-corrected chi connectivity index (χ0v) is 12.0. The van der Waals surface area contributed by atoms with Gasteiger partial charge in [0.25, 0.3) is 0 Å². The molecule has 3 heteroatoms. The second-order valence-electron chi connectivity index (χ2n) is 7.14. The molecule has 2 bridgehead atoms. The van der Waals surface area contributed by atoms with Crippen LogP contribution in [0.15, 0.2) is 0 Å². The van der Waals surface area contributed by atoms with Gasteiger partial charge in [-0.25, -0.2) is 0 Å². The number of nitrogens with zero attached hydrogens (tertiary/aromatic N) is 1. The summed E-state index contributed by atoms with van der Waals surface area (Å²) in [6.45, 7) is 9.45. The minimum Gasteiger partial charge on any atom is -0.300 e. The molecule has 17 heavy (non-hydrogen) atoms. The van der Waals surface area contributed by atoms with Crippen LogP contribution in [-0.2, 0) is 4.79 Å². The van der Waals surface area contributed by atoms with Crippen molar-refractivity contribution in [2.45, 2.75) is 58.9 Å². The second-order valence-corrected chi connectivity index (χ2v) is 7.56. The molecule has 2 rings (SSSR count). The first-order valence-corrected chi connectivity index (χ1v) is 7.10. The van der Waals surface area contributed by atoms with Crippen LogP contribution in [-0.4, -0.2) is 29.3 Å². The van der Waals surface area contributed by atoms with Gasteiger partial charge < -0.3 is 0 Å². The summed E-state index contributed by atoms with van der Waals surface area (Å²) in [5.74, 6) is 0. The maximum Gasteiger partial charge on any atom is 0.221 e. The van der Waals surface area contributed by atoms with Crippen LogP contribution in [0.1, 0.15) is 52.9 Å². The highest BCUT2D eigenvalue weighted by Crippen LogP contribution is 2.52. The van der Waals surface area contributed by atoms with E-state index in [-0.39, 0.29) is 5.24 Å². The van der Waals surface area contributed by atoms with Crippen LogP contribution in [0.5, 0.6) is 0 Å². The Kier molecular flexibility index (Phi) is 3.57. The number of carbonyl (C=O) groups excluding carboxylic acids is 1. The summed E-state index contributed by atoms with van der Waals surface area (Å²) in [5.41, 5.74) is 0.978. The van der Waals surface area contributed by atoms with Crippen LogP contribution in [0.3, 0.4) is 0 Å². The van der Waals surface area contributed by atoms with Gasteiger partial charge in [0.05, 0.1) is 0 Å². The molecule has 1 aliphatic heterocycles. The highest BCUT2D eigenvalue weighted by atomic mass is 35.5. The van der Waals surface area contributed by atoms with E-state index in [1.165, 1.54) is 25.8 Å². The van der Waals surface area contributed by atoms with Gasteiger partial charge in [0.2, 0.25) is 5.24 Å². The highest BCUT2D eigenvalue weighted by Gasteiger charge is 2.49. The lowest BCUT2D eigenvalue weighted by molar-refractivity contribution is -0.111. The predicted octanol–water partition coefficient (Wildman–Crippen LogP) is 3.43. The fourth-order valence-electron chi connectivity index (χ4n) is 4.26. The average Bonchev–Trinajstić information content (AvgIpc) is 2.34. The molecule has 0 aromatic heterocycles. The van der Waals surface area contributed by atoms with Crippen LogP contribution in [0.25, 0.3) is 0 Å². The van der Waals surface area contributed by atoms with Crippen molar-refractivity contribution in [2.24, 2.45) is 10.8 Å². The van der Waals surface area contributed by atoms with Crippen molar-refractivity contribution in [3.05, 3.63) is 0 Å². The topological polar surface area (TPSA) is 20.3 Å². The first-order valence-electron chi connectivity index (χ1n) is 6.72. The molecule has 1 saturated heterocycles. The largest absolute Gasteiger partial charge is 0.300 e. The molecule has 0 spiro atoms. The van der Waals surface area contributed by atoms with Gasteiger partial charge in [-0.05, 0) is 54.7 Å². The molecule has 0 N–H and O–H groups in total. The molecule has 2 aliphatic rings. The molecule has 2 fully saturated rings. The van der Waals surface area contributed by atoms with E-state index in [0.717, 1.165) is 19.0 Å². The van der Waals surface area contributed by atoms with Gasteiger partial charge >= 0.3 is 0 Å². The van der Waals surface area contributed by atoms with Crippen LogP contribution >= 0.6 is 11.6 Å². The SMILES string of the molecule is CC1(C)CC2CC(C)(CN2CCCC(=O)Cl)C1. The zero-order valence-electron chi connectivity index (χ0n) is 11.3. The van der Waals surface area contributed by atoms with E-state index < -0.39 is 0 Å². The summed E-state index contributed by atoms with van der Waals surface area (Å²) in [6, 6.07) is 0.731. The molecule has 2 nitrogen and oxygen atoms in total. The van der Waals surface area contributed by atoms with E-state index in [1.54, 1.807) is 0 Å². The van der Waals surface area contributed by atoms with Gasteiger partial charge in [-0.3, -0.25) is 9.69 Å². The predicted molar refractivity (Wildman–Crippen MR) is 71.2 cm³/mol. The Morgan fingerprint density at radius 3 is 2.71 bits per heavy atom. The van der Waals surface area contributed by atoms with Crippen molar-refractivity contribution in [3.8, 4) is 0 Å². The van der Waals surface area contributed by atoms with Gasteiger partial charge in [0, 0.05) is 19.0 Å². The molecular formula is C14H24ClNO.